The molecule has 1 amide bonds. The van der Waals surface area contributed by atoms with Crippen molar-refractivity contribution in [2.45, 2.75) is 11.5 Å². The number of piperidine rings is 2. The van der Waals surface area contributed by atoms with Crippen molar-refractivity contribution in [3.8, 4) is 5.75 Å². The summed E-state index contributed by atoms with van der Waals surface area (Å²) in [6.07, 6.45) is 0. The number of ether oxygens (including phenoxy) is 1. The molecule has 5 nitrogen and oxygen atoms in total. The Kier molecular flexibility index (Phi) is 4.57. The maximum Gasteiger partial charge on any atom is 0.258 e. The fraction of sp³-hybridized carbons (Fsp3) is 0.435. The van der Waals surface area contributed by atoms with Crippen LogP contribution < -0.4 is 10.1 Å². The van der Waals surface area contributed by atoms with E-state index in [4.69, 9.17) is 4.74 Å². The molecule has 146 valence electrons. The van der Waals surface area contributed by atoms with Crippen LogP contribution in [-0.2, 0) is 10.2 Å². The number of para-hydroxylation sites is 1. The predicted molar refractivity (Wildman–Crippen MR) is 108 cm³/mol. The van der Waals surface area contributed by atoms with Gasteiger partial charge in [0.2, 0.25) is 0 Å². The molecule has 2 unspecified atom stereocenters. The Morgan fingerprint density at radius 3 is 2.21 bits per heavy atom. The standard InChI is InChI=1S/C23H27N3O2/c27-21(15-28-20-9-5-2-6-10-20)24-22-18-13-25-11-12-26(14-18)17-23(22,16-25)19-7-3-1-4-8-19/h1-10,18,22H,11-17H2,(H,24,27)/t18?,22-,23?/m1/s1. The molecule has 28 heavy (non-hydrogen) atoms. The molecule has 0 aromatic heterocycles. The first-order valence-corrected chi connectivity index (χ1v) is 10.2. The van der Waals surface area contributed by atoms with Gasteiger partial charge in [-0.1, -0.05) is 48.5 Å². The molecule has 4 fully saturated rings. The van der Waals surface area contributed by atoms with Crippen molar-refractivity contribution in [1.82, 2.24) is 15.1 Å². The molecule has 0 spiro atoms. The Morgan fingerprint density at radius 2 is 1.57 bits per heavy atom. The zero-order valence-electron chi connectivity index (χ0n) is 16.1. The van der Waals surface area contributed by atoms with E-state index in [1.54, 1.807) is 0 Å². The number of carbonyl (C=O) groups excluding carboxylic acids is 1. The molecule has 4 heterocycles. The van der Waals surface area contributed by atoms with Crippen LogP contribution in [0.2, 0.25) is 0 Å². The minimum atomic E-state index is -0.0542. The normalized spacial score (nSPS) is 33.3. The van der Waals surface area contributed by atoms with Crippen molar-refractivity contribution >= 4 is 5.91 Å². The molecule has 2 aromatic rings. The zero-order chi connectivity index (χ0) is 19.0. The summed E-state index contributed by atoms with van der Waals surface area (Å²) in [5.41, 5.74) is 1.28. The summed E-state index contributed by atoms with van der Waals surface area (Å²) >= 11 is 0. The lowest BCUT2D eigenvalue weighted by Crippen LogP contribution is -2.71. The summed E-state index contributed by atoms with van der Waals surface area (Å²) in [6.45, 7) is 6.46. The topological polar surface area (TPSA) is 44.8 Å². The van der Waals surface area contributed by atoms with E-state index >= 15 is 0 Å². The van der Waals surface area contributed by atoms with Crippen LogP contribution in [0.3, 0.4) is 0 Å². The largest absolute Gasteiger partial charge is 0.484 e. The van der Waals surface area contributed by atoms with Crippen LogP contribution in [0.1, 0.15) is 5.56 Å². The zero-order valence-corrected chi connectivity index (χ0v) is 16.1. The molecule has 5 heteroatoms. The highest BCUT2D eigenvalue weighted by Gasteiger charge is 2.55. The summed E-state index contributed by atoms with van der Waals surface area (Å²) < 4.78 is 5.69. The number of benzene rings is 2. The summed E-state index contributed by atoms with van der Waals surface area (Å²) in [6, 6.07) is 20.5. The van der Waals surface area contributed by atoms with E-state index in [1.807, 2.05) is 30.3 Å². The van der Waals surface area contributed by atoms with Crippen molar-refractivity contribution in [3.05, 3.63) is 66.2 Å². The van der Waals surface area contributed by atoms with Gasteiger partial charge in [-0.05, 0) is 17.7 Å². The number of hydrogen-bond donors (Lipinski definition) is 1. The third-order valence-electron chi connectivity index (χ3n) is 6.57. The van der Waals surface area contributed by atoms with Crippen molar-refractivity contribution < 1.29 is 9.53 Å². The van der Waals surface area contributed by atoms with Gasteiger partial charge >= 0.3 is 0 Å². The van der Waals surface area contributed by atoms with E-state index in [1.165, 1.54) is 5.56 Å². The van der Waals surface area contributed by atoms with Crippen LogP contribution in [0.25, 0.3) is 0 Å². The maximum absolute atomic E-state index is 12.8. The highest BCUT2D eigenvalue weighted by Crippen LogP contribution is 2.43. The first kappa shape index (κ1) is 17.7. The summed E-state index contributed by atoms with van der Waals surface area (Å²) in [5, 5.41) is 3.38. The molecular weight excluding hydrogens is 350 g/mol. The monoisotopic (exact) mass is 377 g/mol. The predicted octanol–water partition coefficient (Wildman–Crippen LogP) is 1.75. The molecule has 2 aromatic carbocycles. The number of rotatable bonds is 5. The quantitative estimate of drug-likeness (QED) is 0.862. The van der Waals surface area contributed by atoms with Crippen molar-refractivity contribution in [1.29, 1.82) is 0 Å². The van der Waals surface area contributed by atoms with Crippen LogP contribution >= 0.6 is 0 Å². The Bertz CT molecular complexity index is 810. The minimum absolute atomic E-state index is 0.0275. The Hall–Kier alpha value is -2.37. The van der Waals surface area contributed by atoms with Crippen molar-refractivity contribution in [3.63, 3.8) is 0 Å². The highest BCUT2D eigenvalue weighted by molar-refractivity contribution is 5.78. The Labute approximate surface area is 166 Å². The van der Waals surface area contributed by atoms with E-state index in [0.717, 1.165) is 45.0 Å². The van der Waals surface area contributed by atoms with Gasteiger partial charge in [0.05, 0.1) is 0 Å². The lowest BCUT2D eigenvalue weighted by molar-refractivity contribution is -0.126. The molecule has 0 aliphatic carbocycles. The van der Waals surface area contributed by atoms with Crippen LogP contribution in [0.5, 0.6) is 5.75 Å². The fourth-order valence-electron chi connectivity index (χ4n) is 5.45. The maximum atomic E-state index is 12.8. The van der Waals surface area contributed by atoms with Gasteiger partial charge in [-0.2, -0.15) is 0 Å². The Morgan fingerprint density at radius 1 is 0.964 bits per heavy atom. The molecule has 4 saturated heterocycles. The van der Waals surface area contributed by atoms with E-state index in [2.05, 4.69) is 45.4 Å². The van der Waals surface area contributed by atoms with E-state index in [0.29, 0.717) is 5.92 Å². The summed E-state index contributed by atoms with van der Waals surface area (Å²) in [7, 11) is 0. The molecular formula is C23H27N3O2. The summed E-state index contributed by atoms with van der Waals surface area (Å²) in [4.78, 5) is 18.0. The van der Waals surface area contributed by atoms with Crippen molar-refractivity contribution in [2.75, 3.05) is 45.9 Å². The number of carbonyl (C=O) groups is 1. The van der Waals surface area contributed by atoms with Gasteiger partial charge in [0, 0.05) is 56.6 Å². The number of nitrogens with zero attached hydrogens (tertiary/aromatic N) is 2. The highest BCUT2D eigenvalue weighted by atomic mass is 16.5. The molecule has 4 aliphatic heterocycles. The molecule has 4 bridgehead atoms. The molecule has 1 N–H and O–H groups in total. The second-order valence-electron chi connectivity index (χ2n) is 8.40. The number of hydrogen-bond acceptors (Lipinski definition) is 4. The van der Waals surface area contributed by atoms with E-state index in [9.17, 15) is 4.79 Å². The second-order valence-corrected chi connectivity index (χ2v) is 8.40. The summed E-state index contributed by atoms with van der Waals surface area (Å²) in [5.74, 6) is 1.15. The van der Waals surface area contributed by atoms with E-state index in [-0.39, 0.29) is 24.0 Å². The average Bonchev–Trinajstić information content (AvgIpc) is 2.99. The number of amides is 1. The van der Waals surface area contributed by atoms with Crippen LogP contribution in [0.15, 0.2) is 60.7 Å². The third-order valence-corrected chi connectivity index (χ3v) is 6.57. The molecule has 3 atom stereocenters. The first-order valence-electron chi connectivity index (χ1n) is 10.2. The van der Waals surface area contributed by atoms with Gasteiger partial charge in [-0.3, -0.25) is 4.79 Å². The molecule has 4 aliphatic rings. The van der Waals surface area contributed by atoms with Crippen LogP contribution in [0, 0.1) is 5.92 Å². The minimum Gasteiger partial charge on any atom is -0.484 e. The Balaban J connectivity index is 1.38. The SMILES string of the molecule is O=C(COc1ccccc1)N[C@@H]1C2CN3CCN(C2)CC1(c1ccccc1)C3. The smallest absolute Gasteiger partial charge is 0.258 e. The third kappa shape index (κ3) is 3.19. The van der Waals surface area contributed by atoms with Gasteiger partial charge in [-0.15, -0.1) is 0 Å². The van der Waals surface area contributed by atoms with Gasteiger partial charge in [0.1, 0.15) is 5.75 Å². The van der Waals surface area contributed by atoms with Gasteiger partial charge in [-0.25, -0.2) is 0 Å². The number of fused-ring (bicyclic) bond motifs is 1. The molecule has 0 radical (unpaired) electrons. The fourth-order valence-corrected chi connectivity index (χ4v) is 5.45. The lowest BCUT2D eigenvalue weighted by Gasteiger charge is -2.55. The molecule has 6 rings (SSSR count). The average molecular weight is 377 g/mol. The molecule has 0 saturated carbocycles. The van der Waals surface area contributed by atoms with Crippen LogP contribution in [0.4, 0.5) is 0 Å². The second kappa shape index (κ2) is 7.22. The van der Waals surface area contributed by atoms with Gasteiger partial charge in [0.15, 0.2) is 6.61 Å². The first-order chi connectivity index (χ1) is 13.7. The lowest BCUT2D eigenvalue weighted by atomic mass is 9.64. The van der Waals surface area contributed by atoms with Gasteiger partial charge < -0.3 is 19.9 Å². The van der Waals surface area contributed by atoms with Gasteiger partial charge in [0.25, 0.3) is 5.91 Å². The number of nitrogens with one attached hydrogen (secondary N) is 1. The van der Waals surface area contributed by atoms with Crippen LogP contribution in [-0.4, -0.2) is 67.6 Å². The van der Waals surface area contributed by atoms with E-state index < -0.39 is 0 Å². The van der Waals surface area contributed by atoms with Crippen molar-refractivity contribution in [2.24, 2.45) is 5.92 Å².